The molecule has 38 heavy (non-hydrogen) atoms. The van der Waals surface area contributed by atoms with Crippen LogP contribution in [0.3, 0.4) is 0 Å². The number of carbonyl (C=O) groups excluding carboxylic acids is 1. The van der Waals surface area contributed by atoms with Crippen LogP contribution in [-0.4, -0.2) is 34.9 Å². The lowest BCUT2D eigenvalue weighted by Gasteiger charge is -2.37. The number of nitrogens with zero attached hydrogens (tertiary/aromatic N) is 2. The molecule has 3 N–H and O–H groups in total. The summed E-state index contributed by atoms with van der Waals surface area (Å²) in [5.74, 6) is 0.0326. The van der Waals surface area contributed by atoms with E-state index in [0.717, 1.165) is 47.9 Å². The minimum atomic E-state index is -0.303. The van der Waals surface area contributed by atoms with E-state index in [0.29, 0.717) is 33.8 Å². The van der Waals surface area contributed by atoms with Gasteiger partial charge in [0.25, 0.3) is 5.91 Å². The number of nitrogen functional groups attached to an aromatic ring is 1. The molecule has 0 bridgehead atoms. The molecule has 0 radical (unpaired) electrons. The summed E-state index contributed by atoms with van der Waals surface area (Å²) in [6, 6.07) is 15.4. The van der Waals surface area contributed by atoms with Crippen LogP contribution in [0.4, 0.5) is 10.2 Å². The fourth-order valence-corrected chi connectivity index (χ4v) is 6.00. The van der Waals surface area contributed by atoms with Crippen molar-refractivity contribution in [2.24, 2.45) is 0 Å². The van der Waals surface area contributed by atoms with Gasteiger partial charge in [-0.05, 0) is 99.2 Å². The molecule has 0 saturated heterocycles. The minimum Gasteiger partial charge on any atom is -0.384 e. The van der Waals surface area contributed by atoms with E-state index in [9.17, 15) is 9.18 Å². The fourth-order valence-electron chi connectivity index (χ4n) is 4.89. The monoisotopic (exact) mass is 552 g/mol. The molecule has 3 aromatic rings. The molecule has 1 aromatic heterocycles. The van der Waals surface area contributed by atoms with Gasteiger partial charge in [-0.1, -0.05) is 41.6 Å². The summed E-state index contributed by atoms with van der Waals surface area (Å²) in [6.07, 6.45) is 5.56. The highest BCUT2D eigenvalue weighted by atomic mass is 35.5. The van der Waals surface area contributed by atoms with Crippen molar-refractivity contribution in [1.82, 2.24) is 15.2 Å². The fraction of sp³-hybridized carbons (Fsp3) is 0.333. The number of nitrogens with two attached hydrogens (primary N) is 1. The van der Waals surface area contributed by atoms with E-state index >= 15 is 0 Å². The Bertz CT molecular complexity index is 1310. The third-order valence-corrected chi connectivity index (χ3v) is 8.89. The molecule has 4 rings (SSSR count). The van der Waals surface area contributed by atoms with Gasteiger partial charge in [0, 0.05) is 40.8 Å². The first-order chi connectivity index (χ1) is 18.3. The molecule has 0 unspecified atom stereocenters. The Labute approximate surface area is 233 Å². The van der Waals surface area contributed by atoms with E-state index in [1.54, 1.807) is 25.3 Å². The molecule has 200 valence electrons. The molecular weight excluding hydrogens is 519 g/mol. The maximum absolute atomic E-state index is 14.2. The molecule has 1 fully saturated rings. The molecule has 8 heteroatoms. The zero-order chi connectivity index (χ0) is 27.2. The Kier molecular flexibility index (Phi) is 9.47. The van der Waals surface area contributed by atoms with Crippen molar-refractivity contribution in [3.63, 3.8) is 0 Å². The Hall–Kier alpha value is -2.87. The van der Waals surface area contributed by atoms with Crippen LogP contribution < -0.4 is 11.1 Å². The standard InChI is InChI=1S/C30H34ClFN4OS/c1-19-7-8-21(22-9-14-29(33)35-17-22)15-23(19)18-36(25-12-10-24(34-3)11-13-25)30(37)28(16-31)38-27-6-4-5-26(32)20(27)2/h4-9,14-17,24-25,34H,10-13,18H2,1-3H3,(H2,33,35)/b28-16+. The lowest BCUT2D eigenvalue weighted by atomic mass is 9.89. The number of amides is 1. The summed E-state index contributed by atoms with van der Waals surface area (Å²) in [5, 5.41) is 3.37. The van der Waals surface area contributed by atoms with Crippen molar-refractivity contribution in [2.75, 3.05) is 12.8 Å². The molecule has 1 saturated carbocycles. The van der Waals surface area contributed by atoms with Gasteiger partial charge in [-0.25, -0.2) is 9.37 Å². The van der Waals surface area contributed by atoms with Crippen LogP contribution in [-0.2, 0) is 11.3 Å². The molecule has 0 atom stereocenters. The first-order valence-electron chi connectivity index (χ1n) is 12.8. The Morgan fingerprint density at radius 1 is 1.16 bits per heavy atom. The molecule has 0 spiro atoms. The van der Waals surface area contributed by atoms with Crippen molar-refractivity contribution >= 4 is 35.1 Å². The van der Waals surface area contributed by atoms with Crippen LogP contribution in [0, 0.1) is 19.7 Å². The number of aryl methyl sites for hydroxylation is 1. The summed E-state index contributed by atoms with van der Waals surface area (Å²) >= 11 is 7.45. The van der Waals surface area contributed by atoms with Crippen LogP contribution >= 0.6 is 23.4 Å². The van der Waals surface area contributed by atoms with Crippen molar-refractivity contribution in [2.45, 2.75) is 63.1 Å². The van der Waals surface area contributed by atoms with Crippen LogP contribution in [0.1, 0.15) is 42.4 Å². The van der Waals surface area contributed by atoms with Crippen molar-refractivity contribution < 1.29 is 9.18 Å². The largest absolute Gasteiger partial charge is 0.384 e. The number of nitrogens with one attached hydrogen (secondary N) is 1. The first-order valence-corrected chi connectivity index (χ1v) is 14.1. The number of pyridine rings is 1. The lowest BCUT2D eigenvalue weighted by molar-refractivity contribution is -0.130. The Morgan fingerprint density at radius 3 is 2.55 bits per heavy atom. The normalized spacial score (nSPS) is 17.9. The average molecular weight is 553 g/mol. The number of hydrogen-bond donors (Lipinski definition) is 2. The van der Waals surface area contributed by atoms with Gasteiger partial charge in [0.15, 0.2) is 0 Å². The number of benzene rings is 2. The topological polar surface area (TPSA) is 71.2 Å². The number of rotatable bonds is 8. The summed E-state index contributed by atoms with van der Waals surface area (Å²) < 4.78 is 14.2. The van der Waals surface area contributed by atoms with Gasteiger partial charge in [-0.3, -0.25) is 4.79 Å². The third kappa shape index (κ3) is 6.57. The summed E-state index contributed by atoms with van der Waals surface area (Å²) in [4.78, 5) is 21.3. The predicted molar refractivity (Wildman–Crippen MR) is 155 cm³/mol. The Balaban J connectivity index is 1.65. The SMILES string of the molecule is CNC1CCC(N(Cc2cc(-c3ccc(N)nc3)ccc2C)C(=O)/C(=C\Cl)Sc2cccc(F)c2C)CC1. The smallest absolute Gasteiger partial charge is 0.262 e. The van der Waals surface area contributed by atoms with Gasteiger partial charge >= 0.3 is 0 Å². The summed E-state index contributed by atoms with van der Waals surface area (Å²) in [6.45, 7) is 4.22. The second kappa shape index (κ2) is 12.8. The second-order valence-corrected chi connectivity index (χ2v) is 11.1. The van der Waals surface area contributed by atoms with E-state index in [4.69, 9.17) is 17.3 Å². The zero-order valence-electron chi connectivity index (χ0n) is 22.0. The third-order valence-electron chi connectivity index (χ3n) is 7.36. The molecule has 1 amide bonds. The maximum Gasteiger partial charge on any atom is 0.262 e. The molecule has 2 aromatic carbocycles. The van der Waals surface area contributed by atoms with E-state index in [-0.39, 0.29) is 17.8 Å². The highest BCUT2D eigenvalue weighted by molar-refractivity contribution is 8.04. The van der Waals surface area contributed by atoms with E-state index in [1.807, 2.05) is 24.1 Å². The summed E-state index contributed by atoms with van der Waals surface area (Å²) in [7, 11) is 1.99. The Morgan fingerprint density at radius 2 is 1.89 bits per heavy atom. The average Bonchev–Trinajstić information content (AvgIpc) is 2.93. The number of thioether (sulfide) groups is 1. The quantitative estimate of drug-likeness (QED) is 0.237. The van der Waals surface area contributed by atoms with E-state index in [2.05, 4.69) is 35.4 Å². The highest BCUT2D eigenvalue weighted by Gasteiger charge is 2.31. The molecule has 1 heterocycles. The van der Waals surface area contributed by atoms with Crippen LogP contribution in [0.15, 0.2) is 70.1 Å². The van der Waals surface area contributed by atoms with Crippen molar-refractivity contribution in [3.8, 4) is 11.1 Å². The van der Waals surface area contributed by atoms with E-state index < -0.39 is 0 Å². The van der Waals surface area contributed by atoms with Crippen molar-refractivity contribution in [3.05, 3.63) is 87.7 Å². The predicted octanol–water partition coefficient (Wildman–Crippen LogP) is 6.82. The number of aromatic nitrogens is 1. The molecular formula is C30H34ClFN4OS. The molecule has 1 aliphatic carbocycles. The first kappa shape index (κ1) is 28.1. The molecule has 1 aliphatic rings. The van der Waals surface area contributed by atoms with Gasteiger partial charge in [0.1, 0.15) is 11.6 Å². The minimum absolute atomic E-state index is 0.0779. The molecule has 0 aliphatic heterocycles. The number of carbonyl (C=O) groups is 1. The van der Waals surface area contributed by atoms with Gasteiger partial charge in [-0.15, -0.1) is 0 Å². The van der Waals surface area contributed by atoms with Gasteiger partial charge < -0.3 is 16.0 Å². The van der Waals surface area contributed by atoms with Crippen LogP contribution in [0.5, 0.6) is 0 Å². The second-order valence-electron chi connectivity index (χ2n) is 9.78. The number of anilines is 1. The zero-order valence-corrected chi connectivity index (χ0v) is 23.6. The maximum atomic E-state index is 14.2. The summed E-state index contributed by atoms with van der Waals surface area (Å²) in [5.41, 5.74) is 11.7. The van der Waals surface area contributed by atoms with Crippen LogP contribution in [0.2, 0.25) is 0 Å². The number of halogens is 2. The van der Waals surface area contributed by atoms with Gasteiger partial charge in [0.05, 0.1) is 4.91 Å². The lowest BCUT2D eigenvalue weighted by Crippen LogP contribution is -2.44. The van der Waals surface area contributed by atoms with E-state index in [1.165, 1.54) is 23.4 Å². The van der Waals surface area contributed by atoms with Gasteiger partial charge in [0.2, 0.25) is 0 Å². The number of hydrogen-bond acceptors (Lipinski definition) is 5. The van der Waals surface area contributed by atoms with Gasteiger partial charge in [-0.2, -0.15) is 0 Å². The highest BCUT2D eigenvalue weighted by Crippen LogP contribution is 2.35. The molecule has 5 nitrogen and oxygen atoms in total. The van der Waals surface area contributed by atoms with Crippen LogP contribution in [0.25, 0.3) is 11.1 Å². The van der Waals surface area contributed by atoms with Crippen molar-refractivity contribution in [1.29, 1.82) is 0 Å².